The fourth-order valence-electron chi connectivity index (χ4n) is 2.55. The van der Waals surface area contributed by atoms with E-state index < -0.39 is 0 Å². The highest BCUT2D eigenvalue weighted by Gasteiger charge is 2.51. The van der Waals surface area contributed by atoms with Gasteiger partial charge in [0.15, 0.2) is 0 Å². The van der Waals surface area contributed by atoms with E-state index in [0.29, 0.717) is 12.2 Å². The number of ketones is 1. The topological polar surface area (TPSA) is 26.3 Å². The molecular weight excluding hydrogens is 224 g/mol. The lowest BCUT2D eigenvalue weighted by atomic mass is 9.64. The minimum absolute atomic E-state index is 0.0369. The maximum Gasteiger partial charge on any atom is 0.146 e. The molecule has 1 aliphatic carbocycles. The molecule has 0 aliphatic heterocycles. The summed E-state index contributed by atoms with van der Waals surface area (Å²) in [4.78, 5) is 11.7. The maximum atomic E-state index is 11.7. The van der Waals surface area contributed by atoms with E-state index in [4.69, 9.17) is 4.74 Å². The van der Waals surface area contributed by atoms with Gasteiger partial charge in [-0.2, -0.15) is 0 Å². The van der Waals surface area contributed by atoms with Gasteiger partial charge in [0.1, 0.15) is 17.6 Å². The SMILES string of the molecule is CCC1(C)C(=O)CC1Oc1cc(C)cc(C)c1C. The van der Waals surface area contributed by atoms with Crippen LogP contribution in [0, 0.1) is 26.2 Å². The summed E-state index contributed by atoms with van der Waals surface area (Å²) in [5.41, 5.74) is 3.34. The summed E-state index contributed by atoms with van der Waals surface area (Å²) in [5.74, 6) is 1.27. The molecule has 1 fully saturated rings. The smallest absolute Gasteiger partial charge is 0.146 e. The lowest BCUT2D eigenvalue weighted by Gasteiger charge is -2.44. The molecule has 0 saturated heterocycles. The fourth-order valence-corrected chi connectivity index (χ4v) is 2.55. The van der Waals surface area contributed by atoms with Crippen LogP contribution in [0.25, 0.3) is 0 Å². The van der Waals surface area contributed by atoms with Crippen molar-refractivity contribution in [2.24, 2.45) is 5.41 Å². The molecule has 0 bridgehead atoms. The second kappa shape index (κ2) is 4.42. The van der Waals surface area contributed by atoms with Crippen molar-refractivity contribution in [3.8, 4) is 5.75 Å². The molecule has 2 heteroatoms. The van der Waals surface area contributed by atoms with E-state index in [1.54, 1.807) is 0 Å². The Morgan fingerprint density at radius 1 is 1.33 bits per heavy atom. The van der Waals surface area contributed by atoms with E-state index >= 15 is 0 Å². The van der Waals surface area contributed by atoms with Gasteiger partial charge in [0, 0.05) is 6.42 Å². The van der Waals surface area contributed by atoms with Crippen molar-refractivity contribution < 1.29 is 9.53 Å². The predicted octanol–water partition coefficient (Wildman–Crippen LogP) is 3.75. The van der Waals surface area contributed by atoms with Gasteiger partial charge in [-0.05, 0) is 56.9 Å². The number of aryl methyl sites for hydroxylation is 2. The molecule has 0 aromatic heterocycles. The Morgan fingerprint density at radius 3 is 2.56 bits per heavy atom. The molecule has 2 unspecified atom stereocenters. The summed E-state index contributed by atoms with van der Waals surface area (Å²) < 4.78 is 6.10. The van der Waals surface area contributed by atoms with E-state index in [1.165, 1.54) is 16.7 Å². The van der Waals surface area contributed by atoms with E-state index in [1.807, 2.05) is 6.92 Å². The summed E-state index contributed by atoms with van der Waals surface area (Å²) >= 11 is 0. The van der Waals surface area contributed by atoms with Crippen LogP contribution in [0.3, 0.4) is 0 Å². The average molecular weight is 246 g/mol. The molecule has 0 N–H and O–H groups in total. The molecule has 98 valence electrons. The molecule has 2 nitrogen and oxygen atoms in total. The Hall–Kier alpha value is -1.31. The van der Waals surface area contributed by atoms with Gasteiger partial charge in [-0.1, -0.05) is 13.0 Å². The molecule has 1 aromatic carbocycles. The fraction of sp³-hybridized carbons (Fsp3) is 0.562. The first-order valence-corrected chi connectivity index (χ1v) is 6.66. The van der Waals surface area contributed by atoms with Crippen LogP contribution in [-0.2, 0) is 4.79 Å². The van der Waals surface area contributed by atoms with Gasteiger partial charge in [0.2, 0.25) is 0 Å². The van der Waals surface area contributed by atoms with Crippen LogP contribution in [0.5, 0.6) is 5.75 Å². The number of ether oxygens (including phenoxy) is 1. The number of benzene rings is 1. The first-order chi connectivity index (χ1) is 8.38. The van der Waals surface area contributed by atoms with Crippen LogP contribution in [0.15, 0.2) is 12.1 Å². The summed E-state index contributed by atoms with van der Waals surface area (Å²) in [6.45, 7) is 10.3. The summed E-state index contributed by atoms with van der Waals surface area (Å²) in [7, 11) is 0. The van der Waals surface area contributed by atoms with Gasteiger partial charge < -0.3 is 4.74 Å². The van der Waals surface area contributed by atoms with E-state index in [2.05, 4.69) is 39.8 Å². The Kier molecular flexibility index (Phi) is 3.22. The van der Waals surface area contributed by atoms with Crippen molar-refractivity contribution in [1.29, 1.82) is 0 Å². The molecule has 1 aromatic rings. The predicted molar refractivity (Wildman–Crippen MR) is 73.1 cm³/mol. The molecule has 0 spiro atoms. The normalized spacial score (nSPS) is 26.9. The Bertz CT molecular complexity index is 490. The monoisotopic (exact) mass is 246 g/mol. The minimum atomic E-state index is -0.288. The molecular formula is C16H22O2. The standard InChI is InChI=1S/C16H22O2/c1-6-16(5)14(17)9-15(16)18-13-8-10(2)7-11(3)12(13)4/h7-8,15H,6,9H2,1-5H3. The quantitative estimate of drug-likeness (QED) is 0.812. The number of hydrogen-bond donors (Lipinski definition) is 0. The van der Waals surface area contributed by atoms with Gasteiger partial charge in [0.05, 0.1) is 5.41 Å². The third-order valence-electron chi connectivity index (χ3n) is 4.49. The van der Waals surface area contributed by atoms with Crippen LogP contribution < -0.4 is 4.74 Å². The van der Waals surface area contributed by atoms with Crippen LogP contribution in [0.1, 0.15) is 43.4 Å². The zero-order valence-corrected chi connectivity index (χ0v) is 12.0. The first-order valence-electron chi connectivity index (χ1n) is 6.66. The number of rotatable bonds is 3. The minimum Gasteiger partial charge on any atom is -0.489 e. The lowest BCUT2D eigenvalue weighted by molar-refractivity contribution is -0.150. The summed E-state index contributed by atoms with van der Waals surface area (Å²) in [6.07, 6.45) is 1.44. The zero-order valence-electron chi connectivity index (χ0n) is 12.0. The molecule has 18 heavy (non-hydrogen) atoms. The van der Waals surface area contributed by atoms with Gasteiger partial charge in [-0.25, -0.2) is 0 Å². The van der Waals surface area contributed by atoms with Gasteiger partial charge in [0.25, 0.3) is 0 Å². The van der Waals surface area contributed by atoms with E-state index in [9.17, 15) is 4.79 Å². The Balaban J connectivity index is 2.23. The van der Waals surface area contributed by atoms with Gasteiger partial charge in [-0.15, -0.1) is 0 Å². The van der Waals surface area contributed by atoms with Crippen molar-refractivity contribution in [3.05, 3.63) is 28.8 Å². The molecule has 0 amide bonds. The zero-order chi connectivity index (χ0) is 13.5. The van der Waals surface area contributed by atoms with Crippen LogP contribution in [-0.4, -0.2) is 11.9 Å². The van der Waals surface area contributed by atoms with E-state index in [-0.39, 0.29) is 11.5 Å². The molecule has 0 heterocycles. The molecule has 1 aliphatic rings. The Labute approximate surface area is 109 Å². The van der Waals surface area contributed by atoms with Crippen molar-refractivity contribution in [2.75, 3.05) is 0 Å². The van der Waals surface area contributed by atoms with Gasteiger partial charge in [-0.3, -0.25) is 4.79 Å². The van der Waals surface area contributed by atoms with Crippen molar-refractivity contribution in [2.45, 2.75) is 53.6 Å². The van der Waals surface area contributed by atoms with E-state index in [0.717, 1.165) is 12.2 Å². The van der Waals surface area contributed by atoms with Crippen molar-refractivity contribution >= 4 is 5.78 Å². The Morgan fingerprint density at radius 2 is 2.00 bits per heavy atom. The van der Waals surface area contributed by atoms with Crippen LogP contribution in [0.4, 0.5) is 0 Å². The molecule has 1 saturated carbocycles. The van der Waals surface area contributed by atoms with Crippen molar-refractivity contribution in [3.63, 3.8) is 0 Å². The number of carbonyl (C=O) groups is 1. The van der Waals surface area contributed by atoms with Crippen LogP contribution >= 0.6 is 0 Å². The molecule has 2 atom stereocenters. The maximum absolute atomic E-state index is 11.7. The number of hydrogen-bond acceptors (Lipinski definition) is 2. The third kappa shape index (κ3) is 1.94. The number of carbonyl (C=O) groups excluding carboxylic acids is 1. The third-order valence-corrected chi connectivity index (χ3v) is 4.49. The van der Waals surface area contributed by atoms with Crippen molar-refractivity contribution in [1.82, 2.24) is 0 Å². The second-order valence-corrected chi connectivity index (χ2v) is 5.71. The summed E-state index contributed by atoms with van der Waals surface area (Å²) in [6, 6.07) is 4.23. The second-order valence-electron chi connectivity index (χ2n) is 5.71. The highest BCUT2D eigenvalue weighted by molar-refractivity contribution is 5.92. The van der Waals surface area contributed by atoms with Gasteiger partial charge >= 0.3 is 0 Å². The molecule has 0 radical (unpaired) electrons. The highest BCUT2D eigenvalue weighted by Crippen LogP contribution is 2.43. The largest absolute Gasteiger partial charge is 0.489 e. The first kappa shape index (κ1) is 13.1. The molecule has 2 rings (SSSR count). The summed E-state index contributed by atoms with van der Waals surface area (Å²) in [5, 5.41) is 0. The highest BCUT2D eigenvalue weighted by atomic mass is 16.5. The van der Waals surface area contributed by atoms with Crippen LogP contribution in [0.2, 0.25) is 0 Å². The number of Topliss-reactive ketones (excluding diaryl/α,β-unsaturated/α-hetero) is 1. The average Bonchev–Trinajstić information content (AvgIpc) is 2.33. The lowest BCUT2D eigenvalue weighted by Crippen LogP contribution is -2.54.